The third kappa shape index (κ3) is 5.72. The lowest BCUT2D eigenvalue weighted by atomic mass is 10.1. The third-order valence-electron chi connectivity index (χ3n) is 2.30. The summed E-state index contributed by atoms with van der Waals surface area (Å²) < 4.78 is 31.8. The van der Waals surface area contributed by atoms with Crippen LogP contribution in [-0.4, -0.2) is 27.7 Å². The maximum Gasteiger partial charge on any atom is 0.422 e. The first-order chi connectivity index (χ1) is 9.88. The zero-order valence-electron chi connectivity index (χ0n) is 11.8. The molecule has 114 valence electrons. The summed E-state index contributed by atoms with van der Waals surface area (Å²) in [6, 6.07) is 4.81. The summed E-state index contributed by atoms with van der Waals surface area (Å²) in [7, 11) is -4.03. The highest BCUT2D eigenvalue weighted by molar-refractivity contribution is 7.91. The Bertz CT molecular complexity index is 674. The summed E-state index contributed by atoms with van der Waals surface area (Å²) in [5.41, 5.74) is 7.14. The molecular formula is C13H17N3O4S. The summed E-state index contributed by atoms with van der Waals surface area (Å²) in [6.45, 7) is 3.69. The molecule has 1 rings (SSSR count). The zero-order chi connectivity index (χ0) is 15.9. The van der Waals surface area contributed by atoms with E-state index in [4.69, 9.17) is 5.73 Å². The van der Waals surface area contributed by atoms with Gasteiger partial charge in [0.1, 0.15) is 0 Å². The van der Waals surface area contributed by atoms with Crippen molar-refractivity contribution in [3.8, 4) is 11.8 Å². The topological polar surface area (TPSA) is 111 Å². The molecule has 0 spiro atoms. The van der Waals surface area contributed by atoms with Crippen molar-refractivity contribution in [2.75, 3.05) is 17.9 Å². The van der Waals surface area contributed by atoms with E-state index in [1.165, 1.54) is 6.07 Å². The number of benzene rings is 1. The highest BCUT2D eigenvalue weighted by Crippen LogP contribution is 2.15. The number of ether oxygens (including phenoxy) is 1. The molecule has 0 atom stereocenters. The fourth-order valence-corrected chi connectivity index (χ4v) is 2.23. The molecule has 0 saturated carbocycles. The molecule has 0 aromatic heterocycles. The second-order valence-electron chi connectivity index (χ2n) is 3.96. The summed E-state index contributed by atoms with van der Waals surface area (Å²) in [6.07, 6.45) is -1.04. The quantitative estimate of drug-likeness (QED) is 0.709. The first-order valence-corrected chi connectivity index (χ1v) is 7.63. The maximum atomic E-state index is 11.7. The molecule has 1 aromatic rings. The van der Waals surface area contributed by atoms with Crippen molar-refractivity contribution in [3.63, 3.8) is 0 Å². The van der Waals surface area contributed by atoms with Gasteiger partial charge < -0.3 is 10.5 Å². The van der Waals surface area contributed by atoms with E-state index in [-0.39, 0.29) is 13.2 Å². The normalized spacial score (nSPS) is 10.2. The molecule has 0 aliphatic rings. The fourth-order valence-electron chi connectivity index (χ4n) is 1.46. The summed E-state index contributed by atoms with van der Waals surface area (Å²) in [5.74, 6) is 5.59. The lowest BCUT2D eigenvalue weighted by Gasteiger charge is -2.10. The van der Waals surface area contributed by atoms with Gasteiger partial charge in [-0.2, -0.15) is 8.42 Å². The van der Waals surface area contributed by atoms with Crippen molar-refractivity contribution >= 4 is 22.0 Å². The van der Waals surface area contributed by atoms with Gasteiger partial charge in [-0.05, 0) is 37.6 Å². The number of amides is 1. The van der Waals surface area contributed by atoms with Gasteiger partial charge in [-0.3, -0.25) is 4.72 Å². The first kappa shape index (κ1) is 16.8. The molecule has 0 heterocycles. The van der Waals surface area contributed by atoms with Crippen LogP contribution in [0.2, 0.25) is 0 Å². The number of hydrogen-bond donors (Lipinski definition) is 3. The van der Waals surface area contributed by atoms with Crippen LogP contribution in [0.3, 0.4) is 0 Å². The predicted octanol–water partition coefficient (Wildman–Crippen LogP) is 0.708. The van der Waals surface area contributed by atoms with Gasteiger partial charge in [0.15, 0.2) is 0 Å². The monoisotopic (exact) mass is 311 g/mol. The average Bonchev–Trinajstić information content (AvgIpc) is 2.36. The highest BCUT2D eigenvalue weighted by Gasteiger charge is 2.15. The van der Waals surface area contributed by atoms with Gasteiger partial charge in [0, 0.05) is 5.56 Å². The van der Waals surface area contributed by atoms with E-state index in [9.17, 15) is 13.2 Å². The number of nitrogens with one attached hydrogen (secondary N) is 2. The second kappa shape index (κ2) is 7.52. The van der Waals surface area contributed by atoms with E-state index in [2.05, 4.69) is 21.3 Å². The van der Waals surface area contributed by atoms with Gasteiger partial charge in [0.05, 0.1) is 18.8 Å². The van der Waals surface area contributed by atoms with E-state index in [1.54, 1.807) is 30.7 Å². The summed E-state index contributed by atoms with van der Waals surface area (Å²) >= 11 is 0. The predicted molar refractivity (Wildman–Crippen MR) is 79.8 cm³/mol. The van der Waals surface area contributed by atoms with Crippen LogP contribution in [0, 0.1) is 18.8 Å². The number of carbonyl (C=O) groups excluding carboxylic acids is 1. The standard InChI is InChI=1S/C13H17N3O4S/c1-3-20-13(17)16-21(18,19)15-12-7-6-11(5-4-8-14)10(2)9-12/h6-7,9,15H,3,8,14H2,1-2H3,(H,16,17). The van der Waals surface area contributed by atoms with Crippen molar-refractivity contribution < 1.29 is 17.9 Å². The summed E-state index contributed by atoms with van der Waals surface area (Å²) in [5, 5.41) is 0. The Labute approximate surface area is 124 Å². The van der Waals surface area contributed by atoms with Gasteiger partial charge in [0.2, 0.25) is 0 Å². The number of carbonyl (C=O) groups is 1. The number of anilines is 1. The van der Waals surface area contributed by atoms with E-state index in [0.29, 0.717) is 5.69 Å². The number of rotatable bonds is 4. The van der Waals surface area contributed by atoms with Gasteiger partial charge >= 0.3 is 16.3 Å². The fraction of sp³-hybridized carbons (Fsp3) is 0.308. The molecule has 0 unspecified atom stereocenters. The van der Waals surface area contributed by atoms with Crippen LogP contribution in [0.1, 0.15) is 18.1 Å². The SMILES string of the molecule is CCOC(=O)NS(=O)(=O)Nc1ccc(C#CCN)c(C)c1. The maximum absolute atomic E-state index is 11.7. The van der Waals surface area contributed by atoms with Crippen LogP contribution in [0.25, 0.3) is 0 Å². The molecular weight excluding hydrogens is 294 g/mol. The Balaban J connectivity index is 2.84. The molecule has 0 radical (unpaired) electrons. The molecule has 21 heavy (non-hydrogen) atoms. The van der Waals surface area contributed by atoms with Crippen molar-refractivity contribution in [3.05, 3.63) is 29.3 Å². The largest absolute Gasteiger partial charge is 0.449 e. The van der Waals surface area contributed by atoms with Crippen LogP contribution in [0.4, 0.5) is 10.5 Å². The molecule has 0 saturated heterocycles. The lowest BCUT2D eigenvalue weighted by Crippen LogP contribution is -2.35. The lowest BCUT2D eigenvalue weighted by molar-refractivity contribution is 0.159. The molecule has 1 amide bonds. The molecule has 0 bridgehead atoms. The molecule has 0 aliphatic carbocycles. The van der Waals surface area contributed by atoms with E-state index in [0.717, 1.165) is 11.1 Å². The minimum atomic E-state index is -4.03. The molecule has 0 aliphatic heterocycles. The second-order valence-corrected chi connectivity index (χ2v) is 5.38. The minimum Gasteiger partial charge on any atom is -0.449 e. The number of aryl methyl sites for hydroxylation is 1. The van der Waals surface area contributed by atoms with E-state index >= 15 is 0 Å². The third-order valence-corrected chi connectivity index (χ3v) is 3.24. The molecule has 4 N–H and O–H groups in total. The Morgan fingerprint density at radius 1 is 1.43 bits per heavy atom. The van der Waals surface area contributed by atoms with E-state index in [1.807, 2.05) is 0 Å². The number of nitrogens with two attached hydrogens (primary N) is 1. The molecule has 8 heteroatoms. The molecule has 0 fully saturated rings. The van der Waals surface area contributed by atoms with Crippen LogP contribution in [-0.2, 0) is 14.9 Å². The van der Waals surface area contributed by atoms with Crippen molar-refractivity contribution in [2.45, 2.75) is 13.8 Å². The van der Waals surface area contributed by atoms with Crippen molar-refractivity contribution in [2.24, 2.45) is 5.73 Å². The van der Waals surface area contributed by atoms with Crippen LogP contribution >= 0.6 is 0 Å². The number of hydrogen-bond acceptors (Lipinski definition) is 5. The van der Waals surface area contributed by atoms with E-state index < -0.39 is 16.3 Å². The van der Waals surface area contributed by atoms with Crippen molar-refractivity contribution in [1.82, 2.24) is 4.72 Å². The molecule has 7 nitrogen and oxygen atoms in total. The Morgan fingerprint density at radius 2 is 2.14 bits per heavy atom. The van der Waals surface area contributed by atoms with Crippen molar-refractivity contribution in [1.29, 1.82) is 0 Å². The Kier molecular flexibility index (Phi) is 6.02. The first-order valence-electron chi connectivity index (χ1n) is 6.15. The van der Waals surface area contributed by atoms with Gasteiger partial charge in [-0.1, -0.05) is 11.8 Å². The van der Waals surface area contributed by atoms with Crippen LogP contribution in [0.15, 0.2) is 18.2 Å². The Morgan fingerprint density at radius 3 is 2.71 bits per heavy atom. The van der Waals surface area contributed by atoms with Gasteiger partial charge in [-0.15, -0.1) is 0 Å². The smallest absolute Gasteiger partial charge is 0.422 e. The Hall–Kier alpha value is -2.24. The average molecular weight is 311 g/mol. The van der Waals surface area contributed by atoms with Gasteiger partial charge in [0.25, 0.3) is 0 Å². The minimum absolute atomic E-state index is 0.0783. The van der Waals surface area contributed by atoms with Crippen LogP contribution in [0.5, 0.6) is 0 Å². The van der Waals surface area contributed by atoms with Crippen LogP contribution < -0.4 is 15.2 Å². The zero-order valence-corrected chi connectivity index (χ0v) is 12.6. The summed E-state index contributed by atoms with van der Waals surface area (Å²) in [4.78, 5) is 11.1. The van der Waals surface area contributed by atoms with Gasteiger partial charge in [-0.25, -0.2) is 9.52 Å². The molecule has 1 aromatic carbocycles. The highest BCUT2D eigenvalue weighted by atomic mass is 32.2.